The number of rotatable bonds is 5. The molecule has 0 spiro atoms. The van der Waals surface area contributed by atoms with Crippen molar-refractivity contribution in [2.45, 2.75) is 39.2 Å². The number of aryl methyl sites for hydroxylation is 1. The number of benzene rings is 1. The predicted octanol–water partition coefficient (Wildman–Crippen LogP) is 2.89. The van der Waals surface area contributed by atoms with E-state index < -0.39 is 0 Å². The van der Waals surface area contributed by atoms with Crippen molar-refractivity contribution >= 4 is 5.65 Å². The molecule has 27 heavy (non-hydrogen) atoms. The molecule has 3 heterocycles. The topological polar surface area (TPSA) is 62.6 Å². The molecule has 6 nitrogen and oxygen atoms in total. The van der Waals surface area contributed by atoms with Gasteiger partial charge in [0.1, 0.15) is 5.75 Å². The van der Waals surface area contributed by atoms with Crippen molar-refractivity contribution in [3.05, 3.63) is 63.2 Å². The standard InChI is InChI=1S/C21H26N4O2/c1-4-18-14(2)22-20-11-19(23-25(20)21(18)26)16-8-9-24(13-16)12-15-6-5-7-17(10-15)27-3/h5-7,10-11,16,23H,4,8-9,12-13H2,1-3H3/t16-/m1/s1. The van der Waals surface area contributed by atoms with Crippen LogP contribution in [0.5, 0.6) is 5.75 Å². The summed E-state index contributed by atoms with van der Waals surface area (Å²) in [5, 5.41) is 3.31. The molecule has 3 aromatic rings. The Morgan fingerprint density at radius 2 is 2.19 bits per heavy atom. The highest BCUT2D eigenvalue weighted by Gasteiger charge is 2.26. The molecule has 1 aromatic carbocycles. The van der Waals surface area contributed by atoms with E-state index in [0.29, 0.717) is 12.3 Å². The molecular weight excluding hydrogens is 340 g/mol. The predicted molar refractivity (Wildman–Crippen MR) is 106 cm³/mol. The van der Waals surface area contributed by atoms with Crippen LogP contribution in [0.1, 0.15) is 41.8 Å². The van der Waals surface area contributed by atoms with E-state index in [1.54, 1.807) is 11.6 Å². The normalized spacial score (nSPS) is 17.7. The van der Waals surface area contributed by atoms with Crippen LogP contribution in [-0.2, 0) is 13.0 Å². The maximum absolute atomic E-state index is 12.6. The third kappa shape index (κ3) is 3.37. The van der Waals surface area contributed by atoms with Crippen molar-refractivity contribution in [2.75, 3.05) is 20.2 Å². The second-order valence-corrected chi connectivity index (χ2v) is 7.31. The summed E-state index contributed by atoms with van der Waals surface area (Å²) >= 11 is 0. The van der Waals surface area contributed by atoms with E-state index in [2.05, 4.69) is 27.1 Å². The molecule has 0 radical (unpaired) electrons. The Balaban J connectivity index is 1.53. The maximum atomic E-state index is 12.6. The highest BCUT2D eigenvalue weighted by molar-refractivity contribution is 5.42. The molecule has 1 saturated heterocycles. The summed E-state index contributed by atoms with van der Waals surface area (Å²) in [6.07, 6.45) is 1.78. The lowest BCUT2D eigenvalue weighted by atomic mass is 10.1. The molecule has 1 atom stereocenters. The Morgan fingerprint density at radius 3 is 2.96 bits per heavy atom. The van der Waals surface area contributed by atoms with Crippen LogP contribution in [0.15, 0.2) is 35.1 Å². The first kappa shape index (κ1) is 17.8. The average molecular weight is 366 g/mol. The summed E-state index contributed by atoms with van der Waals surface area (Å²) in [5.41, 5.74) is 4.72. The van der Waals surface area contributed by atoms with Gasteiger partial charge in [-0.25, -0.2) is 9.50 Å². The van der Waals surface area contributed by atoms with Gasteiger partial charge >= 0.3 is 0 Å². The van der Waals surface area contributed by atoms with E-state index in [9.17, 15) is 4.79 Å². The number of methoxy groups -OCH3 is 1. The lowest BCUT2D eigenvalue weighted by molar-refractivity contribution is 0.325. The summed E-state index contributed by atoms with van der Waals surface area (Å²) in [4.78, 5) is 19.7. The van der Waals surface area contributed by atoms with E-state index in [0.717, 1.165) is 54.4 Å². The number of nitrogens with zero attached hydrogens (tertiary/aromatic N) is 3. The first-order valence-electron chi connectivity index (χ1n) is 9.55. The lowest BCUT2D eigenvalue weighted by Gasteiger charge is -2.16. The largest absolute Gasteiger partial charge is 0.497 e. The van der Waals surface area contributed by atoms with Crippen molar-refractivity contribution in [1.29, 1.82) is 0 Å². The number of hydrogen-bond donors (Lipinski definition) is 1. The maximum Gasteiger partial charge on any atom is 0.276 e. The van der Waals surface area contributed by atoms with Crippen LogP contribution in [0, 0.1) is 6.92 Å². The zero-order chi connectivity index (χ0) is 19.0. The summed E-state index contributed by atoms with van der Waals surface area (Å²) in [6.45, 7) is 6.83. The summed E-state index contributed by atoms with van der Waals surface area (Å²) < 4.78 is 6.92. The van der Waals surface area contributed by atoms with Gasteiger partial charge in [0.15, 0.2) is 5.65 Å². The first-order chi connectivity index (χ1) is 13.1. The fourth-order valence-corrected chi connectivity index (χ4v) is 4.06. The summed E-state index contributed by atoms with van der Waals surface area (Å²) in [6, 6.07) is 10.3. The first-order valence-corrected chi connectivity index (χ1v) is 9.55. The number of H-pyrrole nitrogens is 1. The summed E-state index contributed by atoms with van der Waals surface area (Å²) in [5.74, 6) is 1.29. The molecular formula is C21H26N4O2. The number of fused-ring (bicyclic) bond motifs is 1. The average Bonchev–Trinajstić information content (AvgIpc) is 3.29. The second-order valence-electron chi connectivity index (χ2n) is 7.31. The minimum atomic E-state index is 0.0254. The molecule has 142 valence electrons. The monoisotopic (exact) mass is 366 g/mol. The molecule has 0 amide bonds. The molecule has 1 fully saturated rings. The van der Waals surface area contributed by atoms with E-state index in [1.807, 2.05) is 32.0 Å². The Bertz CT molecular complexity index is 1020. The lowest BCUT2D eigenvalue weighted by Crippen LogP contribution is -2.21. The molecule has 1 aliphatic heterocycles. The molecule has 1 aliphatic rings. The van der Waals surface area contributed by atoms with Crippen LogP contribution in [0.25, 0.3) is 5.65 Å². The van der Waals surface area contributed by atoms with E-state index in [4.69, 9.17) is 4.74 Å². The van der Waals surface area contributed by atoms with Gasteiger partial charge in [-0.3, -0.25) is 14.8 Å². The number of aromatic amines is 1. The second kappa shape index (κ2) is 7.19. The smallest absolute Gasteiger partial charge is 0.276 e. The number of hydrogen-bond acceptors (Lipinski definition) is 4. The van der Waals surface area contributed by atoms with Gasteiger partial charge in [0, 0.05) is 42.0 Å². The van der Waals surface area contributed by atoms with E-state index in [-0.39, 0.29) is 5.56 Å². The molecule has 4 rings (SSSR count). The Kier molecular flexibility index (Phi) is 4.74. The molecule has 1 N–H and O–H groups in total. The van der Waals surface area contributed by atoms with Gasteiger partial charge in [0.05, 0.1) is 7.11 Å². The van der Waals surface area contributed by atoms with Crippen molar-refractivity contribution in [1.82, 2.24) is 19.5 Å². The van der Waals surface area contributed by atoms with Gasteiger partial charge in [-0.05, 0) is 44.0 Å². The van der Waals surface area contributed by atoms with E-state index >= 15 is 0 Å². The van der Waals surface area contributed by atoms with Gasteiger partial charge < -0.3 is 4.74 Å². The highest BCUT2D eigenvalue weighted by atomic mass is 16.5. The SMILES string of the molecule is CCc1c(C)nc2cc([C@@H]3CCN(Cc4cccc(OC)c4)C3)[nH]n2c1=O. The van der Waals surface area contributed by atoms with Crippen molar-refractivity contribution in [2.24, 2.45) is 0 Å². The van der Waals surface area contributed by atoms with Gasteiger partial charge in [0.2, 0.25) is 0 Å². The molecule has 6 heteroatoms. The van der Waals surface area contributed by atoms with Crippen LogP contribution in [0.4, 0.5) is 0 Å². The Morgan fingerprint density at radius 1 is 1.33 bits per heavy atom. The third-order valence-corrected chi connectivity index (χ3v) is 5.54. The zero-order valence-corrected chi connectivity index (χ0v) is 16.2. The van der Waals surface area contributed by atoms with Crippen LogP contribution < -0.4 is 10.3 Å². The van der Waals surface area contributed by atoms with E-state index in [1.165, 1.54) is 5.56 Å². The van der Waals surface area contributed by atoms with Gasteiger partial charge in [-0.2, -0.15) is 0 Å². The Labute approximate surface area is 158 Å². The minimum Gasteiger partial charge on any atom is -0.497 e. The number of ether oxygens (including phenoxy) is 1. The Hall–Kier alpha value is -2.60. The van der Waals surface area contributed by atoms with Crippen molar-refractivity contribution in [3.63, 3.8) is 0 Å². The van der Waals surface area contributed by atoms with Crippen LogP contribution >= 0.6 is 0 Å². The van der Waals surface area contributed by atoms with Gasteiger partial charge in [-0.15, -0.1) is 0 Å². The fraction of sp³-hybridized carbons (Fsp3) is 0.429. The molecule has 0 aliphatic carbocycles. The van der Waals surface area contributed by atoms with Crippen molar-refractivity contribution in [3.8, 4) is 5.75 Å². The molecule has 0 unspecified atom stereocenters. The fourth-order valence-electron chi connectivity index (χ4n) is 4.06. The highest BCUT2D eigenvalue weighted by Crippen LogP contribution is 2.28. The van der Waals surface area contributed by atoms with Crippen LogP contribution in [-0.4, -0.2) is 39.7 Å². The third-order valence-electron chi connectivity index (χ3n) is 5.54. The molecule has 0 saturated carbocycles. The minimum absolute atomic E-state index is 0.0254. The zero-order valence-electron chi connectivity index (χ0n) is 16.2. The van der Waals surface area contributed by atoms with Gasteiger partial charge in [-0.1, -0.05) is 19.1 Å². The molecule has 0 bridgehead atoms. The van der Waals surface area contributed by atoms with Crippen molar-refractivity contribution < 1.29 is 4.74 Å². The number of nitrogens with one attached hydrogen (secondary N) is 1. The van der Waals surface area contributed by atoms with Gasteiger partial charge in [0.25, 0.3) is 5.56 Å². The number of likely N-dealkylation sites (tertiary alicyclic amines) is 1. The number of aromatic nitrogens is 3. The quantitative estimate of drug-likeness (QED) is 0.754. The summed E-state index contributed by atoms with van der Waals surface area (Å²) in [7, 11) is 1.70. The molecule has 2 aromatic heterocycles. The van der Waals surface area contributed by atoms with Crippen LogP contribution in [0.2, 0.25) is 0 Å². The van der Waals surface area contributed by atoms with Crippen LogP contribution in [0.3, 0.4) is 0 Å².